The predicted molar refractivity (Wildman–Crippen MR) is 95.6 cm³/mol. The maximum absolute atomic E-state index is 12.5. The van der Waals surface area contributed by atoms with Crippen molar-refractivity contribution < 1.29 is 31.4 Å². The summed E-state index contributed by atoms with van der Waals surface area (Å²) in [5.41, 5.74) is 2.21. The number of rotatable bonds is 6. The highest BCUT2D eigenvalue weighted by Gasteiger charge is 2.19. The Balaban J connectivity index is 0.00000243. The number of carbonyl (C=O) groups is 1. The molecule has 0 aliphatic carbocycles. The molecule has 1 aromatic heterocycles. The van der Waals surface area contributed by atoms with Crippen LogP contribution in [0.1, 0.15) is 16.1 Å². The van der Waals surface area contributed by atoms with Gasteiger partial charge in [0.25, 0.3) is 5.91 Å². The summed E-state index contributed by atoms with van der Waals surface area (Å²) in [5, 5.41) is 3.65. The monoisotopic (exact) mass is 375 g/mol. The van der Waals surface area contributed by atoms with Gasteiger partial charge in [0.2, 0.25) is 5.75 Å². The standard InChI is InChI=1S/C19H20N2O4.ClH/c1-23-16-10-14-13(17(24-2)18(16)25-3)9-15(21-14)19(22)20-11-12-7-5-4-6-8-12;/h4-10,21H,11H2,1-3H3,(H,20,22);1H/p-1. The van der Waals surface area contributed by atoms with Gasteiger partial charge in [0.15, 0.2) is 11.5 Å². The summed E-state index contributed by atoms with van der Waals surface area (Å²) in [6, 6.07) is 13.3. The second-order valence-electron chi connectivity index (χ2n) is 5.46. The first kappa shape index (κ1) is 19.5. The molecule has 3 aromatic rings. The van der Waals surface area contributed by atoms with Crippen LogP contribution in [0, 0.1) is 0 Å². The van der Waals surface area contributed by atoms with Crippen LogP contribution in [0.4, 0.5) is 0 Å². The number of halogens is 1. The van der Waals surface area contributed by atoms with Gasteiger partial charge in [-0.05, 0) is 11.6 Å². The largest absolute Gasteiger partial charge is 1.00 e. The van der Waals surface area contributed by atoms with Crippen molar-refractivity contribution in [1.82, 2.24) is 10.3 Å². The van der Waals surface area contributed by atoms with Gasteiger partial charge in [-0.1, -0.05) is 30.3 Å². The van der Waals surface area contributed by atoms with Crippen molar-refractivity contribution in [2.45, 2.75) is 6.54 Å². The summed E-state index contributed by atoms with van der Waals surface area (Å²) in [6.45, 7) is 0.457. The Morgan fingerprint density at radius 1 is 1.00 bits per heavy atom. The van der Waals surface area contributed by atoms with Crippen LogP contribution in [-0.2, 0) is 6.54 Å². The van der Waals surface area contributed by atoms with Crippen molar-refractivity contribution >= 4 is 16.8 Å². The number of carbonyl (C=O) groups excluding carboxylic acids is 1. The van der Waals surface area contributed by atoms with Crippen LogP contribution in [0.15, 0.2) is 42.5 Å². The number of amides is 1. The minimum absolute atomic E-state index is 0. The average Bonchev–Trinajstić information content (AvgIpc) is 3.09. The van der Waals surface area contributed by atoms with Gasteiger partial charge in [-0.3, -0.25) is 4.79 Å². The van der Waals surface area contributed by atoms with E-state index in [1.165, 1.54) is 0 Å². The Hall–Kier alpha value is -2.86. The van der Waals surface area contributed by atoms with Crippen molar-refractivity contribution in [2.75, 3.05) is 21.3 Å². The zero-order valence-corrected chi connectivity index (χ0v) is 15.5. The lowest BCUT2D eigenvalue weighted by Gasteiger charge is -2.12. The summed E-state index contributed by atoms with van der Waals surface area (Å²) < 4.78 is 16.2. The summed E-state index contributed by atoms with van der Waals surface area (Å²) in [4.78, 5) is 15.6. The molecule has 0 saturated heterocycles. The predicted octanol–water partition coefficient (Wildman–Crippen LogP) is 0.128. The van der Waals surface area contributed by atoms with E-state index in [0.29, 0.717) is 29.5 Å². The molecule has 0 aliphatic heterocycles. The molecule has 3 rings (SSSR count). The van der Waals surface area contributed by atoms with Gasteiger partial charge in [0.05, 0.1) is 26.8 Å². The molecular weight excluding hydrogens is 356 g/mol. The summed E-state index contributed by atoms with van der Waals surface area (Å²) in [5.74, 6) is 1.35. The highest BCUT2D eigenvalue weighted by Crippen LogP contribution is 2.43. The first-order chi connectivity index (χ1) is 12.2. The average molecular weight is 376 g/mol. The van der Waals surface area contributed by atoms with E-state index in [9.17, 15) is 4.79 Å². The number of hydrogen-bond donors (Lipinski definition) is 2. The van der Waals surface area contributed by atoms with Crippen LogP contribution in [0.25, 0.3) is 10.9 Å². The quantitative estimate of drug-likeness (QED) is 0.642. The van der Waals surface area contributed by atoms with E-state index in [4.69, 9.17) is 14.2 Å². The van der Waals surface area contributed by atoms with E-state index in [1.807, 2.05) is 30.3 Å². The van der Waals surface area contributed by atoms with Crippen LogP contribution in [0.5, 0.6) is 17.2 Å². The number of ether oxygens (including phenoxy) is 3. The van der Waals surface area contributed by atoms with Crippen LogP contribution in [0.2, 0.25) is 0 Å². The normalized spacial score (nSPS) is 10.1. The summed E-state index contributed by atoms with van der Waals surface area (Å²) >= 11 is 0. The van der Waals surface area contributed by atoms with Gasteiger partial charge in [-0.15, -0.1) is 0 Å². The van der Waals surface area contributed by atoms with E-state index in [1.54, 1.807) is 33.5 Å². The van der Waals surface area contributed by atoms with Crippen LogP contribution in [0.3, 0.4) is 0 Å². The van der Waals surface area contributed by atoms with Gasteiger partial charge >= 0.3 is 0 Å². The van der Waals surface area contributed by atoms with E-state index in [0.717, 1.165) is 16.5 Å². The molecule has 0 radical (unpaired) electrons. The third-order valence-corrected chi connectivity index (χ3v) is 3.97. The van der Waals surface area contributed by atoms with Crippen LogP contribution >= 0.6 is 0 Å². The third kappa shape index (κ3) is 3.70. The second kappa shape index (κ2) is 8.49. The number of aromatic amines is 1. The maximum Gasteiger partial charge on any atom is 0.267 e. The molecule has 7 heteroatoms. The Morgan fingerprint density at radius 2 is 1.69 bits per heavy atom. The molecule has 2 N–H and O–H groups in total. The fraction of sp³-hybridized carbons (Fsp3) is 0.211. The topological polar surface area (TPSA) is 72.6 Å². The molecule has 2 aromatic carbocycles. The third-order valence-electron chi connectivity index (χ3n) is 3.97. The van der Waals surface area contributed by atoms with E-state index in [2.05, 4.69) is 10.3 Å². The number of methoxy groups -OCH3 is 3. The Bertz CT molecular complexity index is 893. The number of H-pyrrole nitrogens is 1. The molecule has 1 heterocycles. The maximum atomic E-state index is 12.5. The van der Waals surface area contributed by atoms with Crippen LogP contribution < -0.4 is 31.9 Å². The molecule has 0 saturated carbocycles. The Kier molecular flexibility index (Phi) is 6.36. The van der Waals surface area contributed by atoms with E-state index < -0.39 is 0 Å². The highest BCUT2D eigenvalue weighted by molar-refractivity contribution is 6.01. The smallest absolute Gasteiger partial charge is 0.267 e. The van der Waals surface area contributed by atoms with Crippen LogP contribution in [-0.4, -0.2) is 32.2 Å². The fourth-order valence-electron chi connectivity index (χ4n) is 2.75. The lowest BCUT2D eigenvalue weighted by atomic mass is 10.2. The molecule has 0 fully saturated rings. The number of aromatic nitrogens is 1. The van der Waals surface area contributed by atoms with Gasteiger partial charge in [0.1, 0.15) is 5.69 Å². The zero-order chi connectivity index (χ0) is 17.8. The summed E-state index contributed by atoms with van der Waals surface area (Å²) in [7, 11) is 4.66. The summed E-state index contributed by atoms with van der Waals surface area (Å²) in [6.07, 6.45) is 0. The number of benzene rings is 2. The Labute approximate surface area is 157 Å². The van der Waals surface area contributed by atoms with Crippen molar-refractivity contribution in [2.24, 2.45) is 0 Å². The van der Waals surface area contributed by atoms with Gasteiger partial charge in [-0.25, -0.2) is 0 Å². The molecule has 6 nitrogen and oxygen atoms in total. The number of hydrogen-bond acceptors (Lipinski definition) is 4. The van der Waals surface area contributed by atoms with E-state index in [-0.39, 0.29) is 18.3 Å². The van der Waals surface area contributed by atoms with Crippen molar-refractivity contribution in [3.8, 4) is 17.2 Å². The molecule has 1 amide bonds. The molecule has 0 spiro atoms. The molecule has 0 unspecified atom stereocenters. The first-order valence-electron chi connectivity index (χ1n) is 7.81. The van der Waals surface area contributed by atoms with Gasteiger partial charge in [-0.2, -0.15) is 0 Å². The first-order valence-corrected chi connectivity index (χ1v) is 7.81. The van der Waals surface area contributed by atoms with E-state index >= 15 is 0 Å². The SMILES string of the molecule is COc1cc2[nH]c(C(=O)NCc3ccccc3)cc2c(OC)c1OC.[Cl-]. The number of nitrogens with one attached hydrogen (secondary N) is 2. The minimum Gasteiger partial charge on any atom is -1.00 e. The lowest BCUT2D eigenvalue weighted by molar-refractivity contribution is -0.0000140. The molecule has 0 atom stereocenters. The lowest BCUT2D eigenvalue weighted by Crippen LogP contribution is -3.00. The fourth-order valence-corrected chi connectivity index (χ4v) is 2.75. The molecule has 0 bridgehead atoms. The van der Waals surface area contributed by atoms with Gasteiger partial charge < -0.3 is 36.9 Å². The van der Waals surface area contributed by atoms with Crippen molar-refractivity contribution in [3.63, 3.8) is 0 Å². The number of fused-ring (bicyclic) bond motifs is 1. The van der Waals surface area contributed by atoms with Crippen molar-refractivity contribution in [1.29, 1.82) is 0 Å². The van der Waals surface area contributed by atoms with Gasteiger partial charge in [0, 0.05) is 18.0 Å². The minimum atomic E-state index is -0.194. The molecule has 0 aliphatic rings. The molecule has 26 heavy (non-hydrogen) atoms. The molecule has 138 valence electrons. The zero-order valence-electron chi connectivity index (χ0n) is 14.8. The molecular formula is C19H20ClN2O4-. The van der Waals surface area contributed by atoms with Crippen molar-refractivity contribution in [3.05, 3.63) is 53.7 Å². The Morgan fingerprint density at radius 3 is 2.31 bits per heavy atom. The highest BCUT2D eigenvalue weighted by atomic mass is 35.5. The second-order valence-corrected chi connectivity index (χ2v) is 5.46.